The Morgan fingerprint density at radius 3 is 2.57 bits per heavy atom. The van der Waals surface area contributed by atoms with Gasteiger partial charge in [0.05, 0.1) is 19.9 Å². The Kier molecular flexibility index (Phi) is 3.32. The first-order valence-electron chi connectivity index (χ1n) is 7.78. The van der Waals surface area contributed by atoms with E-state index in [1.54, 1.807) is 14.2 Å². The number of methoxy groups -OCH3 is 2. The van der Waals surface area contributed by atoms with Gasteiger partial charge in [0.2, 0.25) is 18.3 Å². The van der Waals surface area contributed by atoms with Gasteiger partial charge in [-0.1, -0.05) is 0 Å². The van der Waals surface area contributed by atoms with E-state index in [2.05, 4.69) is 4.90 Å². The van der Waals surface area contributed by atoms with Crippen molar-refractivity contribution >= 4 is 11.9 Å². The Bertz CT molecular complexity index is 689. The average molecular weight is 317 g/mol. The van der Waals surface area contributed by atoms with Crippen LogP contribution < -0.4 is 18.9 Å². The van der Waals surface area contributed by atoms with Gasteiger partial charge in [-0.2, -0.15) is 0 Å². The molecule has 6 nitrogen and oxygen atoms in total. The van der Waals surface area contributed by atoms with Crippen molar-refractivity contribution in [3.05, 3.63) is 17.3 Å². The predicted molar refractivity (Wildman–Crippen MR) is 83.0 cm³/mol. The molecule has 0 radical (unpaired) electrons. The number of ether oxygens (including phenoxy) is 4. The zero-order valence-corrected chi connectivity index (χ0v) is 13.3. The number of carbonyl (C=O) groups is 1. The van der Waals surface area contributed by atoms with Crippen molar-refractivity contribution in [2.24, 2.45) is 5.92 Å². The third-order valence-electron chi connectivity index (χ3n) is 4.77. The van der Waals surface area contributed by atoms with Gasteiger partial charge in [0.1, 0.15) is 0 Å². The molecule has 3 saturated heterocycles. The molecule has 0 aliphatic carbocycles. The number of benzene rings is 1. The van der Waals surface area contributed by atoms with E-state index in [1.807, 2.05) is 12.1 Å². The molecule has 6 heteroatoms. The number of nitrogens with zero attached hydrogens (tertiary/aromatic N) is 1. The molecule has 4 heterocycles. The molecule has 0 unspecified atom stereocenters. The number of allylic oxidation sites excluding steroid dienone is 1. The lowest BCUT2D eigenvalue weighted by Crippen LogP contribution is -2.45. The van der Waals surface area contributed by atoms with Crippen LogP contribution in [0, 0.1) is 5.92 Å². The summed E-state index contributed by atoms with van der Waals surface area (Å²) in [5.41, 5.74) is 1.52. The molecule has 1 aromatic rings. The molecular weight excluding hydrogens is 298 g/mol. The van der Waals surface area contributed by atoms with Gasteiger partial charge < -0.3 is 23.8 Å². The van der Waals surface area contributed by atoms with Crippen LogP contribution in [-0.4, -0.2) is 44.8 Å². The minimum atomic E-state index is 0.134. The summed E-state index contributed by atoms with van der Waals surface area (Å²) in [6, 6.07) is 1.83. The lowest BCUT2D eigenvalue weighted by Gasteiger charge is -2.41. The fraction of sp³-hybridized carbons (Fsp3) is 0.471. The van der Waals surface area contributed by atoms with E-state index in [-0.39, 0.29) is 18.5 Å². The molecule has 0 aromatic heterocycles. The van der Waals surface area contributed by atoms with Gasteiger partial charge in [-0.3, -0.25) is 4.79 Å². The highest BCUT2D eigenvalue weighted by molar-refractivity contribution is 6.02. The van der Waals surface area contributed by atoms with E-state index < -0.39 is 0 Å². The lowest BCUT2D eigenvalue weighted by molar-refractivity contribution is -0.125. The summed E-state index contributed by atoms with van der Waals surface area (Å²) in [6.07, 6.45) is 3.80. The first-order valence-corrected chi connectivity index (χ1v) is 7.78. The second-order valence-corrected chi connectivity index (χ2v) is 5.92. The Hall–Kier alpha value is -2.37. The third kappa shape index (κ3) is 2.12. The number of fused-ring (bicyclic) bond motifs is 4. The maximum atomic E-state index is 12.5. The zero-order chi connectivity index (χ0) is 16.0. The zero-order valence-electron chi connectivity index (χ0n) is 13.3. The highest BCUT2D eigenvalue weighted by Crippen LogP contribution is 2.50. The molecule has 122 valence electrons. The number of piperidine rings is 3. The van der Waals surface area contributed by atoms with Crippen LogP contribution in [0.15, 0.2) is 11.8 Å². The fourth-order valence-electron chi connectivity index (χ4n) is 3.56. The smallest absolute Gasteiger partial charge is 0.231 e. The van der Waals surface area contributed by atoms with Crippen molar-refractivity contribution in [3.63, 3.8) is 0 Å². The van der Waals surface area contributed by atoms with Crippen LogP contribution in [0.25, 0.3) is 6.08 Å². The van der Waals surface area contributed by atoms with Crippen LogP contribution >= 0.6 is 0 Å². The maximum absolute atomic E-state index is 12.5. The van der Waals surface area contributed by atoms with Crippen molar-refractivity contribution in [1.29, 1.82) is 0 Å². The van der Waals surface area contributed by atoms with Gasteiger partial charge in [0.25, 0.3) is 0 Å². The van der Waals surface area contributed by atoms with Crippen molar-refractivity contribution in [2.45, 2.75) is 12.8 Å². The van der Waals surface area contributed by atoms with E-state index >= 15 is 0 Å². The highest BCUT2D eigenvalue weighted by Gasteiger charge is 2.37. The summed E-state index contributed by atoms with van der Waals surface area (Å²) in [7, 11) is 3.17. The second kappa shape index (κ2) is 5.37. The molecule has 4 aliphatic rings. The van der Waals surface area contributed by atoms with E-state index in [1.165, 1.54) is 0 Å². The van der Waals surface area contributed by atoms with Gasteiger partial charge in [-0.05, 0) is 25.0 Å². The molecule has 23 heavy (non-hydrogen) atoms. The van der Waals surface area contributed by atoms with Crippen molar-refractivity contribution in [3.8, 4) is 23.0 Å². The third-order valence-corrected chi connectivity index (χ3v) is 4.77. The quantitative estimate of drug-likeness (QED) is 0.796. The standard InChI is InChI=1S/C17H19NO5/c1-20-13-8-11(15(21-2)17-16(13)22-9-23-17)7-12-14(19)10-3-5-18(12)6-4-10/h7-8,10H,3-6,9H2,1-2H3/b12-7-. The van der Waals surface area contributed by atoms with E-state index in [9.17, 15) is 4.79 Å². The molecule has 4 aliphatic heterocycles. The summed E-state index contributed by atoms with van der Waals surface area (Å²) in [5, 5.41) is 0. The molecule has 2 bridgehead atoms. The Morgan fingerprint density at radius 2 is 1.91 bits per heavy atom. The van der Waals surface area contributed by atoms with Gasteiger partial charge in [0, 0.05) is 24.6 Å². The van der Waals surface area contributed by atoms with Crippen molar-refractivity contribution < 1.29 is 23.7 Å². The first-order chi connectivity index (χ1) is 11.2. The Labute approximate surface area is 134 Å². The normalized spacial score (nSPS) is 21.2. The van der Waals surface area contributed by atoms with E-state index in [4.69, 9.17) is 18.9 Å². The van der Waals surface area contributed by atoms with E-state index in [0.717, 1.165) is 37.2 Å². The maximum Gasteiger partial charge on any atom is 0.231 e. The minimum Gasteiger partial charge on any atom is -0.493 e. The first kappa shape index (κ1) is 14.2. The molecule has 5 rings (SSSR count). The van der Waals surface area contributed by atoms with Crippen molar-refractivity contribution in [1.82, 2.24) is 4.90 Å². The molecule has 0 N–H and O–H groups in total. The number of hydrogen-bond donors (Lipinski definition) is 0. The van der Waals surface area contributed by atoms with Crippen LogP contribution in [0.1, 0.15) is 18.4 Å². The monoisotopic (exact) mass is 317 g/mol. The van der Waals surface area contributed by atoms with Crippen LogP contribution in [0.2, 0.25) is 0 Å². The summed E-state index contributed by atoms with van der Waals surface area (Å²) in [5.74, 6) is 2.61. The number of Topliss-reactive ketones (excluding diaryl/α,β-unsaturated/α-hetero) is 1. The number of carbonyl (C=O) groups excluding carboxylic acids is 1. The molecule has 0 saturated carbocycles. The molecular formula is C17H19NO5. The predicted octanol–water partition coefficient (Wildman–Crippen LogP) is 2.07. The van der Waals surface area contributed by atoms with Crippen LogP contribution in [-0.2, 0) is 4.79 Å². The van der Waals surface area contributed by atoms with Crippen LogP contribution in [0.4, 0.5) is 0 Å². The van der Waals surface area contributed by atoms with E-state index in [0.29, 0.717) is 23.0 Å². The Balaban J connectivity index is 1.83. The molecule has 0 amide bonds. The van der Waals surface area contributed by atoms with Crippen LogP contribution in [0.5, 0.6) is 23.0 Å². The number of rotatable bonds is 3. The molecule has 0 atom stereocenters. The second-order valence-electron chi connectivity index (χ2n) is 5.92. The van der Waals surface area contributed by atoms with Crippen molar-refractivity contribution in [2.75, 3.05) is 34.1 Å². The molecule has 0 spiro atoms. The van der Waals surface area contributed by atoms with Gasteiger partial charge in [0.15, 0.2) is 17.3 Å². The van der Waals surface area contributed by atoms with Crippen LogP contribution in [0.3, 0.4) is 0 Å². The average Bonchev–Trinajstić information content (AvgIpc) is 3.07. The summed E-state index contributed by atoms with van der Waals surface area (Å²) in [4.78, 5) is 14.7. The Morgan fingerprint density at radius 1 is 1.17 bits per heavy atom. The SMILES string of the molecule is COc1cc(/C=C2/C(=O)C3CCN2CC3)c(OC)c2c1OCO2. The number of ketones is 1. The lowest BCUT2D eigenvalue weighted by atomic mass is 9.84. The number of hydrogen-bond acceptors (Lipinski definition) is 6. The topological polar surface area (TPSA) is 57.2 Å². The van der Waals surface area contributed by atoms with Gasteiger partial charge in [-0.25, -0.2) is 0 Å². The molecule has 3 fully saturated rings. The highest BCUT2D eigenvalue weighted by atomic mass is 16.7. The summed E-state index contributed by atoms with van der Waals surface area (Å²) < 4.78 is 21.9. The van der Waals surface area contributed by atoms with Gasteiger partial charge >= 0.3 is 0 Å². The largest absolute Gasteiger partial charge is 0.493 e. The molecule has 1 aromatic carbocycles. The summed E-state index contributed by atoms with van der Waals surface area (Å²) in [6.45, 7) is 2.01. The minimum absolute atomic E-state index is 0.134. The van der Waals surface area contributed by atoms with Gasteiger partial charge in [-0.15, -0.1) is 0 Å². The fourth-order valence-corrected chi connectivity index (χ4v) is 3.56. The summed E-state index contributed by atoms with van der Waals surface area (Å²) >= 11 is 0.